The van der Waals surface area contributed by atoms with Crippen LogP contribution in [-0.2, 0) is 103 Å². The lowest BCUT2D eigenvalue weighted by Crippen LogP contribution is -2.26. The second kappa shape index (κ2) is 28.5. The number of nitrogens with zero attached hydrogens (tertiary/aromatic N) is 8. The maximum absolute atomic E-state index is 4.87. The van der Waals surface area contributed by atoms with Crippen molar-refractivity contribution in [2.45, 2.75) is 103 Å². The molecule has 36 rings (SSSR count). The maximum Gasteiger partial charge on any atom is 0.141 e. The third-order valence-electron chi connectivity index (χ3n) is 34.7. The molecular weight excluding hydrogens is 1700 g/mol. The van der Waals surface area contributed by atoms with Crippen LogP contribution in [0.1, 0.15) is 178 Å². The molecule has 140 heavy (non-hydrogen) atoms. The molecule has 0 fully saturated rings. The summed E-state index contributed by atoms with van der Waals surface area (Å²) >= 11 is 0. The van der Waals surface area contributed by atoms with Crippen molar-refractivity contribution >= 4 is 68.4 Å². The molecule has 0 saturated carbocycles. The van der Waals surface area contributed by atoms with E-state index >= 15 is 0 Å². The fourth-order valence-corrected chi connectivity index (χ4v) is 28.7. The Hall–Kier alpha value is -16.7. The lowest BCUT2D eigenvalue weighted by Gasteiger charge is -2.39. The first-order valence-corrected chi connectivity index (χ1v) is 50.3. The van der Waals surface area contributed by atoms with Gasteiger partial charge in [0, 0.05) is 82.4 Å². The smallest absolute Gasteiger partial charge is 0.141 e. The number of benzene rings is 16. The summed E-state index contributed by atoms with van der Waals surface area (Å²) < 4.78 is 0. The number of fused-ring (bicyclic) bond motifs is 48. The molecule has 0 radical (unpaired) electrons. The summed E-state index contributed by atoms with van der Waals surface area (Å²) in [6.07, 6.45) is 28.0. The van der Waals surface area contributed by atoms with Crippen LogP contribution in [-0.4, -0.2) is 19.9 Å². The molecule has 0 N–H and O–H groups in total. The molecule has 20 aromatic rings. The Morgan fingerprint density at radius 2 is 0.421 bits per heavy atom. The van der Waals surface area contributed by atoms with Gasteiger partial charge in [-0.25, -0.2) is 4.98 Å². The van der Waals surface area contributed by atoms with E-state index in [4.69, 9.17) is 9.97 Å². The number of pyridine rings is 4. The van der Waals surface area contributed by atoms with Crippen LogP contribution in [0.3, 0.4) is 0 Å². The average Bonchev–Trinajstić information content (AvgIpc) is 1.54. The Labute approximate surface area is 812 Å². The average molecular weight is 1790 g/mol. The molecule has 0 saturated heterocycles. The first kappa shape index (κ1) is 76.5. The van der Waals surface area contributed by atoms with Crippen molar-refractivity contribution in [3.05, 3.63) is 519 Å². The van der Waals surface area contributed by atoms with Crippen LogP contribution in [0.5, 0.6) is 0 Å². The van der Waals surface area contributed by atoms with Gasteiger partial charge in [-0.15, -0.1) is 0 Å². The van der Waals surface area contributed by atoms with E-state index in [2.05, 4.69) is 339 Å². The third kappa shape index (κ3) is 10.6. The second-order valence-electron chi connectivity index (χ2n) is 41.3. The van der Waals surface area contributed by atoms with Crippen molar-refractivity contribution in [3.8, 4) is 89.0 Å². The number of para-hydroxylation sites is 4. The highest BCUT2D eigenvalue weighted by molar-refractivity contribution is 6.01. The van der Waals surface area contributed by atoms with Gasteiger partial charge in [0.15, 0.2) is 0 Å². The standard InChI is InChI=1S/4C33H22N2/c1-2-9-23-19(5-1)16-27-24(23)10-11-25-26-12-13-31-30(29(26)18-28(25)27)17-21-7-3-6-20-15-22-8-4-14-34-33(22)35(31)32(20)21;1-2-8-22-19(5-1)15-26-23(22)10-11-24-25-12-13-31-29(28(25)18-27(24)26)16-20-6-3-7-21-17-30-32(9-4-14-34-30)35(31)33(20)21;1-2-7-23-19(4-1)15-27-24(23)8-9-25-26-10-11-31-30(29(26)17-28(25)27)16-22-6-3-5-21-14-20-12-13-34-18-32(20)35(31)33(21)22;1-2-7-23-19(4-1)15-27-24(23)8-9-25-26-10-11-32-30(29(26)17-28(25)27)16-21-6-3-5-20-14-22-18-34-13-12-31(22)35(32)33(20)21/h2*1-14H,15-18H2;2*1-13,18H,14-17H2. The molecule has 12 heterocycles. The quantitative estimate of drug-likeness (QED) is 0.149. The molecule has 656 valence electrons. The Balaban J connectivity index is 0.0000000829. The zero-order chi connectivity index (χ0) is 90.7. The van der Waals surface area contributed by atoms with Gasteiger partial charge in [-0.1, -0.05) is 249 Å². The fraction of sp³-hybridized carbons (Fsp3) is 0.121. The minimum absolute atomic E-state index is 0.911. The highest BCUT2D eigenvalue weighted by atomic mass is 15.2. The molecule has 0 unspecified atom stereocenters. The zero-order valence-corrected chi connectivity index (χ0v) is 77.2. The summed E-state index contributed by atoms with van der Waals surface area (Å²) in [4.78, 5) is 28.6. The maximum atomic E-state index is 4.87. The molecule has 0 spiro atoms. The van der Waals surface area contributed by atoms with Gasteiger partial charge in [-0.05, 0) is 367 Å². The predicted molar refractivity (Wildman–Crippen MR) is 564 cm³/mol. The van der Waals surface area contributed by atoms with Crippen LogP contribution in [0, 0.1) is 0 Å². The van der Waals surface area contributed by atoms with Gasteiger partial charge in [0.05, 0.1) is 74.5 Å². The van der Waals surface area contributed by atoms with E-state index in [0.717, 1.165) is 109 Å². The first-order valence-electron chi connectivity index (χ1n) is 50.3. The van der Waals surface area contributed by atoms with Crippen LogP contribution in [0.25, 0.3) is 89.0 Å². The van der Waals surface area contributed by atoms with Gasteiger partial charge in [0.1, 0.15) is 5.82 Å². The molecule has 4 aromatic heterocycles. The molecule has 8 heteroatoms. The van der Waals surface area contributed by atoms with E-state index in [1.807, 2.05) is 31.0 Å². The van der Waals surface area contributed by atoms with Crippen molar-refractivity contribution < 1.29 is 0 Å². The largest absolute Gasteiger partial charge is 0.309 e. The summed E-state index contributed by atoms with van der Waals surface area (Å²) in [5, 5.41) is 0. The Morgan fingerprint density at radius 3 is 0.843 bits per heavy atom. The van der Waals surface area contributed by atoms with Crippen molar-refractivity contribution in [3.63, 3.8) is 0 Å². The topological polar surface area (TPSA) is 64.5 Å². The number of hydrogen-bond donors (Lipinski definition) is 0. The van der Waals surface area contributed by atoms with Crippen molar-refractivity contribution in [1.29, 1.82) is 0 Å². The highest BCUT2D eigenvalue weighted by Crippen LogP contribution is 2.62. The highest BCUT2D eigenvalue weighted by Gasteiger charge is 2.44. The van der Waals surface area contributed by atoms with Crippen LogP contribution in [0.2, 0.25) is 0 Å². The summed E-state index contributed by atoms with van der Waals surface area (Å²) in [5.41, 5.74) is 84.3. The Morgan fingerprint density at radius 1 is 0.143 bits per heavy atom. The molecule has 8 aliphatic heterocycles. The normalized spacial score (nSPS) is 14.9. The minimum Gasteiger partial charge on any atom is -0.309 e. The number of aromatic nitrogens is 4. The van der Waals surface area contributed by atoms with Crippen molar-refractivity contribution in [1.82, 2.24) is 19.9 Å². The molecule has 0 atom stereocenters. The second-order valence-corrected chi connectivity index (χ2v) is 41.3. The lowest BCUT2D eigenvalue weighted by atomic mass is 9.84. The molecule has 16 aromatic carbocycles. The van der Waals surface area contributed by atoms with Gasteiger partial charge in [0.2, 0.25) is 0 Å². The SMILES string of the molecule is c1ccc2c(c1)Cc1c-2ccc2c1Cc1c-2ccc2c1Cc1cccc3c1N2c1cccnc1C3.c1ccc2c(c1)Cc1c-2ccc2c1Cc1c-2ccc2c1Cc1cccc3c1N2c1ccncc1C3.c1ccc2c(c1)Cc1c-2ccc2c1Cc1c-2ccc2c1Cc1cccc3c1N2c1cnccc1C3.c1ccc2c(c1)Cc1c-2ccc2c1Cc1c-2ccc2c1Cc1cccc3c1N2c1ncccc1C3. The van der Waals surface area contributed by atoms with E-state index in [1.54, 1.807) is 38.9 Å². The van der Waals surface area contributed by atoms with Crippen LogP contribution in [0.15, 0.2) is 340 Å². The summed E-state index contributed by atoms with van der Waals surface area (Å²) in [7, 11) is 0. The van der Waals surface area contributed by atoms with E-state index in [9.17, 15) is 0 Å². The fourth-order valence-electron chi connectivity index (χ4n) is 28.7. The minimum atomic E-state index is 0.911. The Bertz CT molecular complexity index is 8090. The van der Waals surface area contributed by atoms with E-state index in [-0.39, 0.29) is 0 Å². The van der Waals surface area contributed by atoms with Crippen LogP contribution < -0.4 is 19.6 Å². The third-order valence-corrected chi connectivity index (χ3v) is 34.7. The van der Waals surface area contributed by atoms with Gasteiger partial charge in [0.25, 0.3) is 0 Å². The van der Waals surface area contributed by atoms with E-state index < -0.39 is 0 Å². The zero-order valence-electron chi connectivity index (χ0n) is 77.2. The molecular formula is C132H88N8. The van der Waals surface area contributed by atoms with Gasteiger partial charge >= 0.3 is 0 Å². The van der Waals surface area contributed by atoms with Gasteiger partial charge in [-0.2, -0.15) is 0 Å². The molecule has 0 amide bonds. The monoisotopic (exact) mass is 1780 g/mol. The van der Waals surface area contributed by atoms with Gasteiger partial charge < -0.3 is 14.7 Å². The summed E-state index contributed by atoms with van der Waals surface area (Å²) in [6, 6.07) is 114. The molecule has 8 nitrogen and oxygen atoms in total. The number of hydrogen-bond acceptors (Lipinski definition) is 8. The van der Waals surface area contributed by atoms with Crippen molar-refractivity contribution in [2.75, 3.05) is 19.6 Å². The number of rotatable bonds is 0. The predicted octanol–water partition coefficient (Wildman–Crippen LogP) is 30.0. The van der Waals surface area contributed by atoms with Crippen LogP contribution in [0.4, 0.5) is 68.4 Å². The molecule has 8 aliphatic carbocycles. The van der Waals surface area contributed by atoms with E-state index in [1.165, 1.54) is 291 Å². The molecule has 0 bridgehead atoms. The summed E-state index contributed by atoms with van der Waals surface area (Å²) in [5.74, 6) is 1.10. The lowest BCUT2D eigenvalue weighted by molar-refractivity contribution is 0.963. The van der Waals surface area contributed by atoms with Gasteiger partial charge in [-0.3, -0.25) is 19.9 Å². The van der Waals surface area contributed by atoms with E-state index in [0.29, 0.717) is 0 Å². The molecule has 16 aliphatic rings. The number of anilines is 12. The Kier molecular flexibility index (Phi) is 15.6. The summed E-state index contributed by atoms with van der Waals surface area (Å²) in [6.45, 7) is 0. The van der Waals surface area contributed by atoms with Crippen LogP contribution >= 0.6 is 0 Å². The first-order chi connectivity index (χ1) is 69.4. The van der Waals surface area contributed by atoms with Crippen molar-refractivity contribution in [2.24, 2.45) is 0 Å².